The molecule has 1 aliphatic rings. The van der Waals surface area contributed by atoms with Gasteiger partial charge in [0.2, 0.25) is 0 Å². The summed E-state index contributed by atoms with van der Waals surface area (Å²) in [5.41, 5.74) is 2.35. The number of benzene rings is 1. The molecule has 0 aliphatic carbocycles. The molecule has 0 radical (unpaired) electrons. The van der Waals surface area contributed by atoms with Crippen LogP contribution in [0.1, 0.15) is 22.6 Å². The van der Waals surface area contributed by atoms with Gasteiger partial charge in [0.15, 0.2) is 0 Å². The van der Waals surface area contributed by atoms with E-state index in [0.717, 1.165) is 29.1 Å². The van der Waals surface area contributed by atoms with Crippen molar-refractivity contribution in [2.75, 3.05) is 13.1 Å². The number of aromatic nitrogens is 1. The van der Waals surface area contributed by atoms with E-state index in [9.17, 15) is 5.11 Å². The average molecular weight is 258 g/mol. The molecule has 100 valence electrons. The number of hydrogen-bond donors (Lipinski definition) is 1. The van der Waals surface area contributed by atoms with Gasteiger partial charge in [0.05, 0.1) is 5.69 Å². The first-order valence-electron chi connectivity index (χ1n) is 6.50. The predicted molar refractivity (Wildman–Crippen MR) is 71.6 cm³/mol. The van der Waals surface area contributed by atoms with Gasteiger partial charge in [0, 0.05) is 25.2 Å². The molecular weight excluding hydrogens is 240 g/mol. The minimum Gasteiger partial charge on any atom is -0.382 e. The first-order valence-corrected chi connectivity index (χ1v) is 6.50. The molecule has 3 rings (SSSR count). The third kappa shape index (κ3) is 2.17. The van der Waals surface area contributed by atoms with E-state index in [1.165, 1.54) is 0 Å². The lowest BCUT2D eigenvalue weighted by Crippen LogP contribution is -2.58. The minimum absolute atomic E-state index is 0.654. The van der Waals surface area contributed by atoms with E-state index in [2.05, 4.69) is 10.1 Å². The lowest BCUT2D eigenvalue weighted by molar-refractivity contribution is -0.108. The van der Waals surface area contributed by atoms with Gasteiger partial charge in [-0.05, 0) is 19.4 Å². The Labute approximate surface area is 112 Å². The van der Waals surface area contributed by atoms with Crippen molar-refractivity contribution in [1.82, 2.24) is 10.1 Å². The second kappa shape index (κ2) is 4.47. The molecule has 19 heavy (non-hydrogen) atoms. The Hall–Kier alpha value is -1.65. The molecule has 1 N–H and O–H groups in total. The van der Waals surface area contributed by atoms with Crippen molar-refractivity contribution in [3.05, 3.63) is 52.9 Å². The molecule has 0 bridgehead atoms. The minimum atomic E-state index is -0.708. The molecule has 2 aromatic rings. The highest BCUT2D eigenvalue weighted by molar-refractivity contribution is 5.27. The van der Waals surface area contributed by atoms with Gasteiger partial charge in [0.1, 0.15) is 11.4 Å². The molecule has 1 saturated heterocycles. The number of rotatable bonds is 3. The SMILES string of the molecule is Cc1noc(C)c1CN1CC(O)(c2ccccc2)C1. The highest BCUT2D eigenvalue weighted by Crippen LogP contribution is 2.33. The van der Waals surface area contributed by atoms with Crippen LogP contribution >= 0.6 is 0 Å². The third-order valence-corrected chi connectivity index (χ3v) is 3.84. The van der Waals surface area contributed by atoms with Crippen LogP contribution in [0.15, 0.2) is 34.9 Å². The molecule has 1 fully saturated rings. The van der Waals surface area contributed by atoms with E-state index < -0.39 is 5.60 Å². The molecule has 4 heteroatoms. The fraction of sp³-hybridized carbons (Fsp3) is 0.400. The summed E-state index contributed by atoms with van der Waals surface area (Å²) < 4.78 is 5.16. The highest BCUT2D eigenvalue weighted by Gasteiger charge is 2.42. The Morgan fingerprint density at radius 1 is 1.26 bits per heavy atom. The Morgan fingerprint density at radius 2 is 1.95 bits per heavy atom. The topological polar surface area (TPSA) is 49.5 Å². The fourth-order valence-electron chi connectivity index (χ4n) is 2.69. The van der Waals surface area contributed by atoms with Crippen molar-refractivity contribution in [3.63, 3.8) is 0 Å². The van der Waals surface area contributed by atoms with E-state index in [-0.39, 0.29) is 0 Å². The maximum absolute atomic E-state index is 10.5. The molecular formula is C15H18N2O2. The molecule has 0 atom stereocenters. The summed E-state index contributed by atoms with van der Waals surface area (Å²) in [5, 5.41) is 14.5. The van der Waals surface area contributed by atoms with E-state index >= 15 is 0 Å². The van der Waals surface area contributed by atoms with E-state index in [1.54, 1.807) is 0 Å². The van der Waals surface area contributed by atoms with Crippen LogP contribution in [0, 0.1) is 13.8 Å². The summed E-state index contributed by atoms with van der Waals surface area (Å²) >= 11 is 0. The maximum Gasteiger partial charge on any atom is 0.138 e. The Balaban J connectivity index is 1.67. The van der Waals surface area contributed by atoms with Crippen molar-refractivity contribution >= 4 is 0 Å². The zero-order valence-electron chi connectivity index (χ0n) is 11.3. The Kier molecular flexibility index (Phi) is 2.92. The smallest absolute Gasteiger partial charge is 0.138 e. The molecule has 2 heterocycles. The number of aliphatic hydroxyl groups is 1. The number of nitrogens with zero attached hydrogens (tertiary/aromatic N) is 2. The average Bonchev–Trinajstić information content (AvgIpc) is 2.69. The van der Waals surface area contributed by atoms with Gasteiger partial charge in [-0.25, -0.2) is 0 Å². The van der Waals surface area contributed by atoms with Gasteiger partial charge in [-0.2, -0.15) is 0 Å². The summed E-state index contributed by atoms with van der Waals surface area (Å²) in [6, 6.07) is 9.85. The van der Waals surface area contributed by atoms with Gasteiger partial charge >= 0.3 is 0 Å². The summed E-state index contributed by atoms with van der Waals surface area (Å²) in [7, 11) is 0. The standard InChI is InChI=1S/C15H18N2O2/c1-11-14(12(2)19-16-11)8-17-9-15(18,10-17)13-6-4-3-5-7-13/h3-7,18H,8-10H2,1-2H3. The van der Waals surface area contributed by atoms with Crippen molar-refractivity contribution in [2.24, 2.45) is 0 Å². The summed E-state index contributed by atoms with van der Waals surface area (Å²) in [4.78, 5) is 2.21. The van der Waals surface area contributed by atoms with E-state index in [1.807, 2.05) is 44.2 Å². The Morgan fingerprint density at radius 3 is 2.53 bits per heavy atom. The lowest BCUT2D eigenvalue weighted by atomic mass is 9.86. The quantitative estimate of drug-likeness (QED) is 0.914. The molecule has 4 nitrogen and oxygen atoms in total. The molecule has 0 saturated carbocycles. The van der Waals surface area contributed by atoms with Crippen LogP contribution in [0.5, 0.6) is 0 Å². The molecule has 0 spiro atoms. The number of hydrogen-bond acceptors (Lipinski definition) is 4. The van der Waals surface area contributed by atoms with Crippen molar-refractivity contribution in [3.8, 4) is 0 Å². The van der Waals surface area contributed by atoms with Gasteiger partial charge in [-0.3, -0.25) is 4.90 Å². The van der Waals surface area contributed by atoms with Crippen LogP contribution in [-0.4, -0.2) is 28.3 Å². The third-order valence-electron chi connectivity index (χ3n) is 3.84. The highest BCUT2D eigenvalue weighted by atomic mass is 16.5. The zero-order chi connectivity index (χ0) is 13.5. The number of likely N-dealkylation sites (tertiary alicyclic amines) is 1. The largest absolute Gasteiger partial charge is 0.382 e. The molecule has 0 unspecified atom stereocenters. The molecule has 1 aromatic heterocycles. The van der Waals surface area contributed by atoms with Gasteiger partial charge in [0.25, 0.3) is 0 Å². The second-order valence-electron chi connectivity index (χ2n) is 5.35. The van der Waals surface area contributed by atoms with Gasteiger partial charge < -0.3 is 9.63 Å². The van der Waals surface area contributed by atoms with E-state index in [4.69, 9.17) is 4.52 Å². The fourth-order valence-corrected chi connectivity index (χ4v) is 2.69. The number of β-amino-alcohol motifs (C(OH)–C–C–N with tert-alkyl or cyclic N) is 1. The van der Waals surface area contributed by atoms with Crippen LogP contribution < -0.4 is 0 Å². The molecule has 1 aliphatic heterocycles. The first-order chi connectivity index (χ1) is 9.08. The lowest BCUT2D eigenvalue weighted by Gasteiger charge is -2.46. The van der Waals surface area contributed by atoms with Gasteiger partial charge in [-0.1, -0.05) is 35.5 Å². The van der Waals surface area contributed by atoms with Crippen molar-refractivity contribution in [2.45, 2.75) is 26.0 Å². The summed E-state index contributed by atoms with van der Waals surface area (Å²) in [6.45, 7) is 5.98. The van der Waals surface area contributed by atoms with Crippen molar-refractivity contribution in [1.29, 1.82) is 0 Å². The molecule has 0 amide bonds. The van der Waals surface area contributed by atoms with E-state index in [0.29, 0.717) is 13.1 Å². The summed E-state index contributed by atoms with van der Waals surface area (Å²) in [6.07, 6.45) is 0. The van der Waals surface area contributed by atoms with Crippen LogP contribution in [0.2, 0.25) is 0 Å². The van der Waals surface area contributed by atoms with Crippen LogP contribution in [0.3, 0.4) is 0 Å². The van der Waals surface area contributed by atoms with Crippen LogP contribution in [-0.2, 0) is 12.1 Å². The Bertz CT molecular complexity index is 552. The van der Waals surface area contributed by atoms with Crippen LogP contribution in [0.4, 0.5) is 0 Å². The predicted octanol–water partition coefficient (Wildman–Crippen LogP) is 1.99. The van der Waals surface area contributed by atoms with Gasteiger partial charge in [-0.15, -0.1) is 0 Å². The first kappa shape index (κ1) is 12.4. The zero-order valence-corrected chi connectivity index (χ0v) is 11.3. The normalized spacial score (nSPS) is 18.3. The second-order valence-corrected chi connectivity index (χ2v) is 5.35. The molecule has 1 aromatic carbocycles. The number of aryl methyl sites for hydroxylation is 2. The monoisotopic (exact) mass is 258 g/mol. The maximum atomic E-state index is 10.5. The van der Waals surface area contributed by atoms with Crippen molar-refractivity contribution < 1.29 is 9.63 Å². The summed E-state index contributed by atoms with van der Waals surface area (Å²) in [5.74, 6) is 0.868. The van der Waals surface area contributed by atoms with Crippen LogP contribution in [0.25, 0.3) is 0 Å².